The van der Waals surface area contributed by atoms with E-state index >= 15 is 0 Å². The Morgan fingerprint density at radius 3 is 2.87 bits per heavy atom. The molecule has 2 heterocycles. The first kappa shape index (κ1) is 10.1. The van der Waals surface area contributed by atoms with Crippen molar-refractivity contribution in [1.82, 2.24) is 24.8 Å². The molecule has 0 aliphatic heterocycles. The Hall–Kier alpha value is -1.43. The monoisotopic (exact) mass is 314 g/mol. The minimum absolute atomic E-state index is 0.328. The molecule has 0 amide bonds. The number of aromatic nitrogens is 5. The molecule has 0 aromatic carbocycles. The lowest BCUT2D eigenvalue weighted by Crippen LogP contribution is -2.00. The minimum atomic E-state index is 0.328. The number of halogens is 1. The number of nitrogens with zero attached hydrogens (tertiary/aromatic N) is 6. The van der Waals surface area contributed by atoms with E-state index in [0.717, 1.165) is 9.26 Å². The topological polar surface area (TPSA) is 72.3 Å². The molecule has 2 aromatic rings. The van der Waals surface area contributed by atoms with Gasteiger partial charge in [0.2, 0.25) is 0 Å². The zero-order valence-corrected chi connectivity index (χ0v) is 10.1. The van der Waals surface area contributed by atoms with Crippen LogP contribution >= 0.6 is 22.6 Å². The molecule has 0 radical (unpaired) electrons. The van der Waals surface area contributed by atoms with Crippen molar-refractivity contribution in [2.24, 2.45) is 7.05 Å². The first-order valence-electron chi connectivity index (χ1n) is 4.17. The molecule has 0 fully saturated rings. The van der Waals surface area contributed by atoms with Gasteiger partial charge < -0.3 is 0 Å². The third-order valence-electron chi connectivity index (χ3n) is 1.84. The minimum Gasteiger partial charge on any atom is -0.274 e. The van der Waals surface area contributed by atoms with Crippen LogP contribution in [0, 0.1) is 15.0 Å². The Bertz CT molecular complexity index is 519. The number of nitriles is 1. The molecule has 0 aliphatic carbocycles. The summed E-state index contributed by atoms with van der Waals surface area (Å²) in [7, 11) is 1.87. The van der Waals surface area contributed by atoms with Crippen molar-refractivity contribution in [3.63, 3.8) is 0 Å². The molecule has 0 aliphatic rings. The number of rotatable bonds is 2. The van der Waals surface area contributed by atoms with Gasteiger partial charge in [0.1, 0.15) is 9.77 Å². The molecule has 6 nitrogen and oxygen atoms in total. The third-order valence-corrected chi connectivity index (χ3v) is 2.75. The zero-order chi connectivity index (χ0) is 10.8. The van der Waals surface area contributed by atoms with Crippen LogP contribution < -0.4 is 0 Å². The van der Waals surface area contributed by atoms with E-state index < -0.39 is 0 Å². The van der Waals surface area contributed by atoms with Gasteiger partial charge in [0.05, 0.1) is 12.7 Å². The van der Waals surface area contributed by atoms with E-state index in [4.69, 9.17) is 5.26 Å². The van der Waals surface area contributed by atoms with E-state index in [0.29, 0.717) is 12.2 Å². The first-order chi connectivity index (χ1) is 7.19. The smallest absolute Gasteiger partial charge is 0.182 e. The number of aryl methyl sites for hydroxylation is 1. The summed E-state index contributed by atoms with van der Waals surface area (Å²) in [6.07, 6.45) is 3.54. The Morgan fingerprint density at radius 2 is 2.33 bits per heavy atom. The standard InChI is InChI=1S/C8H7IN6/c1-14-3-6(8(9)12-14)4-15-5-7(2-10)11-13-15/h3,5H,4H2,1H3. The van der Waals surface area contributed by atoms with Gasteiger partial charge in [-0.1, -0.05) is 5.21 Å². The maximum atomic E-state index is 8.59. The third kappa shape index (κ3) is 2.15. The largest absolute Gasteiger partial charge is 0.274 e. The summed E-state index contributed by atoms with van der Waals surface area (Å²) in [6, 6.07) is 1.94. The van der Waals surface area contributed by atoms with Crippen molar-refractivity contribution in [1.29, 1.82) is 5.26 Å². The SMILES string of the molecule is Cn1cc(Cn2cc(C#N)nn2)c(I)n1. The predicted molar refractivity (Wildman–Crippen MR) is 59.8 cm³/mol. The van der Waals surface area contributed by atoms with Crippen LogP contribution in [0.15, 0.2) is 12.4 Å². The van der Waals surface area contributed by atoms with Crippen molar-refractivity contribution in [3.8, 4) is 6.07 Å². The van der Waals surface area contributed by atoms with Gasteiger partial charge >= 0.3 is 0 Å². The van der Waals surface area contributed by atoms with E-state index in [1.54, 1.807) is 15.6 Å². The van der Waals surface area contributed by atoms with Gasteiger partial charge in [-0.3, -0.25) is 4.68 Å². The van der Waals surface area contributed by atoms with Crippen LogP contribution in [0.5, 0.6) is 0 Å². The highest BCUT2D eigenvalue weighted by atomic mass is 127. The Labute approximate surface area is 99.6 Å². The maximum Gasteiger partial charge on any atom is 0.182 e. The maximum absolute atomic E-state index is 8.59. The summed E-state index contributed by atoms with van der Waals surface area (Å²) < 4.78 is 4.31. The quantitative estimate of drug-likeness (QED) is 0.758. The molecule has 0 saturated heterocycles. The molecule has 2 aromatic heterocycles. The lowest BCUT2D eigenvalue weighted by molar-refractivity contribution is 0.647. The molecule has 2 rings (SSSR count). The summed E-state index contributed by atoms with van der Waals surface area (Å²) in [5, 5.41) is 20.3. The van der Waals surface area contributed by atoms with Gasteiger partial charge in [-0.05, 0) is 22.6 Å². The highest BCUT2D eigenvalue weighted by molar-refractivity contribution is 14.1. The summed E-state index contributed by atoms with van der Waals surface area (Å²) in [6.45, 7) is 0.584. The van der Waals surface area contributed by atoms with Gasteiger partial charge in [0, 0.05) is 18.8 Å². The molecule has 0 saturated carbocycles. The van der Waals surface area contributed by atoms with Gasteiger partial charge in [0.25, 0.3) is 0 Å². The first-order valence-corrected chi connectivity index (χ1v) is 5.25. The van der Waals surface area contributed by atoms with Gasteiger partial charge in [-0.2, -0.15) is 10.4 Å². The van der Waals surface area contributed by atoms with E-state index in [1.807, 2.05) is 19.3 Å². The lowest BCUT2D eigenvalue weighted by atomic mass is 10.4. The highest BCUT2D eigenvalue weighted by Gasteiger charge is 2.06. The van der Waals surface area contributed by atoms with Crippen molar-refractivity contribution in [2.75, 3.05) is 0 Å². The fourth-order valence-electron chi connectivity index (χ4n) is 1.22. The van der Waals surface area contributed by atoms with Crippen molar-refractivity contribution in [2.45, 2.75) is 6.54 Å². The Balaban J connectivity index is 2.22. The molecule has 0 atom stereocenters. The number of hydrogen-bond acceptors (Lipinski definition) is 4. The van der Waals surface area contributed by atoms with E-state index in [-0.39, 0.29) is 0 Å². The Morgan fingerprint density at radius 1 is 1.53 bits per heavy atom. The van der Waals surface area contributed by atoms with Gasteiger partial charge in [0.15, 0.2) is 5.69 Å². The second-order valence-corrected chi connectivity index (χ2v) is 4.05. The summed E-state index contributed by atoms with van der Waals surface area (Å²) in [5.74, 6) is 0. The number of hydrogen-bond donors (Lipinski definition) is 0. The molecular formula is C8H7IN6. The van der Waals surface area contributed by atoms with Crippen molar-refractivity contribution >= 4 is 22.6 Å². The zero-order valence-electron chi connectivity index (χ0n) is 7.92. The van der Waals surface area contributed by atoms with Crippen LogP contribution in [0.1, 0.15) is 11.3 Å². The summed E-state index contributed by atoms with van der Waals surface area (Å²) in [4.78, 5) is 0. The normalized spacial score (nSPS) is 10.2. The molecule has 15 heavy (non-hydrogen) atoms. The second kappa shape index (κ2) is 3.98. The van der Waals surface area contributed by atoms with Crippen LogP contribution in [0.4, 0.5) is 0 Å². The average Bonchev–Trinajstić information content (AvgIpc) is 2.75. The molecule has 0 spiro atoms. The molecule has 0 bridgehead atoms. The fraction of sp³-hybridized carbons (Fsp3) is 0.250. The average molecular weight is 314 g/mol. The Kier molecular flexibility index (Phi) is 2.68. The highest BCUT2D eigenvalue weighted by Crippen LogP contribution is 2.10. The summed E-state index contributed by atoms with van der Waals surface area (Å²) in [5.41, 5.74) is 1.39. The van der Waals surface area contributed by atoms with Crippen LogP contribution in [0.25, 0.3) is 0 Å². The lowest BCUT2D eigenvalue weighted by Gasteiger charge is -1.95. The van der Waals surface area contributed by atoms with Crippen LogP contribution in [-0.2, 0) is 13.6 Å². The van der Waals surface area contributed by atoms with Crippen molar-refractivity contribution < 1.29 is 0 Å². The van der Waals surface area contributed by atoms with Crippen LogP contribution in [0.3, 0.4) is 0 Å². The van der Waals surface area contributed by atoms with Crippen molar-refractivity contribution in [3.05, 3.63) is 27.4 Å². The van der Waals surface area contributed by atoms with Gasteiger partial charge in [-0.15, -0.1) is 5.10 Å². The van der Waals surface area contributed by atoms with E-state index in [2.05, 4.69) is 38.0 Å². The summed E-state index contributed by atoms with van der Waals surface area (Å²) >= 11 is 2.17. The molecule has 76 valence electrons. The molecule has 0 unspecified atom stereocenters. The van der Waals surface area contributed by atoms with Gasteiger partial charge in [-0.25, -0.2) is 4.68 Å². The molecule has 7 heteroatoms. The molecular weight excluding hydrogens is 307 g/mol. The fourth-order valence-corrected chi connectivity index (χ4v) is 1.87. The van der Waals surface area contributed by atoms with Crippen LogP contribution in [0.2, 0.25) is 0 Å². The second-order valence-electron chi connectivity index (χ2n) is 3.03. The molecule has 0 N–H and O–H groups in total. The predicted octanol–water partition coefficient (Wildman–Crippen LogP) is 0.536. The van der Waals surface area contributed by atoms with E-state index in [9.17, 15) is 0 Å². The van der Waals surface area contributed by atoms with E-state index in [1.165, 1.54) is 0 Å². The van der Waals surface area contributed by atoms with Crippen LogP contribution in [-0.4, -0.2) is 24.8 Å².